The average molecular weight is 868 g/mol. The Morgan fingerprint density at radius 1 is 0.517 bits per heavy atom. The first-order valence-corrected chi connectivity index (χ1v) is 26.7. The summed E-state index contributed by atoms with van der Waals surface area (Å²) in [5.41, 5.74) is 0. The molecule has 0 fully saturated rings. The molecule has 0 rings (SSSR count). The van der Waals surface area contributed by atoms with Crippen LogP contribution in [0.25, 0.3) is 0 Å². The molecule has 0 aromatic rings. The Kier molecular flexibility index (Phi) is 43.4. The van der Waals surface area contributed by atoms with Gasteiger partial charge in [-0.05, 0) is 51.4 Å². The van der Waals surface area contributed by atoms with Gasteiger partial charge in [0.05, 0.1) is 34.4 Å². The van der Waals surface area contributed by atoms with Gasteiger partial charge < -0.3 is 27.9 Å². The molecule has 0 N–H and O–H groups in total. The third-order valence-electron chi connectivity index (χ3n) is 10.9. The van der Waals surface area contributed by atoms with Crippen LogP contribution >= 0.6 is 7.82 Å². The molecule has 0 amide bonds. The van der Waals surface area contributed by atoms with E-state index in [4.69, 9.17) is 18.5 Å². The maximum absolute atomic E-state index is 12.7. The molecule has 0 aliphatic rings. The highest BCUT2D eigenvalue weighted by Gasteiger charge is 2.20. The van der Waals surface area contributed by atoms with Crippen molar-refractivity contribution in [1.82, 2.24) is 0 Å². The summed E-state index contributed by atoms with van der Waals surface area (Å²) in [5.74, 6) is -0.334. The Balaban J connectivity index is 4.16. The van der Waals surface area contributed by atoms with Gasteiger partial charge >= 0.3 is 5.97 Å². The number of carbonyl (C=O) groups excluding carboxylic acids is 1. The van der Waals surface area contributed by atoms with Crippen LogP contribution < -0.4 is 4.89 Å². The smallest absolute Gasteiger partial charge is 0.306 e. The van der Waals surface area contributed by atoms with E-state index in [1.165, 1.54) is 154 Å². The van der Waals surface area contributed by atoms with E-state index in [2.05, 4.69) is 50.3 Å². The number of quaternary nitrogens is 1. The van der Waals surface area contributed by atoms with E-state index in [1.54, 1.807) is 0 Å². The number of esters is 1. The van der Waals surface area contributed by atoms with Crippen LogP contribution in [0, 0.1) is 0 Å². The lowest BCUT2D eigenvalue weighted by Crippen LogP contribution is -2.37. The van der Waals surface area contributed by atoms with Gasteiger partial charge in [0.2, 0.25) is 0 Å². The molecule has 2 atom stereocenters. The topological polar surface area (TPSA) is 94.1 Å². The summed E-state index contributed by atoms with van der Waals surface area (Å²) in [7, 11) is 1.36. The Hall–Kier alpha value is -1.28. The van der Waals surface area contributed by atoms with Gasteiger partial charge in [-0.1, -0.05) is 204 Å². The minimum Gasteiger partial charge on any atom is -0.756 e. The number of phosphoric ester groups is 1. The fourth-order valence-electron chi connectivity index (χ4n) is 7.03. The summed E-state index contributed by atoms with van der Waals surface area (Å²) in [6, 6.07) is 0. The predicted octanol–water partition coefficient (Wildman–Crippen LogP) is 14.7. The Morgan fingerprint density at radius 2 is 0.917 bits per heavy atom. The van der Waals surface area contributed by atoms with E-state index in [0.717, 1.165) is 51.4 Å². The van der Waals surface area contributed by atoms with E-state index < -0.39 is 13.9 Å². The third-order valence-corrected chi connectivity index (χ3v) is 11.9. The molecule has 0 aromatic carbocycles. The zero-order chi connectivity index (χ0) is 44.1. The summed E-state index contributed by atoms with van der Waals surface area (Å²) in [6.45, 7) is 5.40. The van der Waals surface area contributed by atoms with Gasteiger partial charge in [0.15, 0.2) is 0 Å². The first-order chi connectivity index (χ1) is 29.1. The van der Waals surface area contributed by atoms with E-state index in [0.29, 0.717) is 24.1 Å². The lowest BCUT2D eigenvalue weighted by Gasteiger charge is -2.28. The van der Waals surface area contributed by atoms with Gasteiger partial charge in [0, 0.05) is 13.0 Å². The van der Waals surface area contributed by atoms with Crippen molar-refractivity contribution in [3.8, 4) is 0 Å². The lowest BCUT2D eigenvalue weighted by molar-refractivity contribution is -0.870. The van der Waals surface area contributed by atoms with Gasteiger partial charge in [0.1, 0.15) is 19.3 Å². The second-order valence-electron chi connectivity index (χ2n) is 18.2. The normalized spacial score (nSPS) is 13.9. The molecule has 2 unspecified atom stereocenters. The average Bonchev–Trinajstić information content (AvgIpc) is 3.20. The van der Waals surface area contributed by atoms with Crippen molar-refractivity contribution in [2.45, 2.75) is 232 Å². The molecule has 0 radical (unpaired) electrons. The minimum atomic E-state index is -4.53. The summed E-state index contributed by atoms with van der Waals surface area (Å²) >= 11 is 0. The van der Waals surface area contributed by atoms with Crippen LogP contribution in [-0.4, -0.2) is 70.7 Å². The number of rotatable bonds is 47. The molecule has 0 saturated carbocycles. The summed E-state index contributed by atoms with van der Waals surface area (Å²) < 4.78 is 34.7. The Morgan fingerprint density at radius 3 is 1.40 bits per heavy atom. The molecule has 9 heteroatoms. The van der Waals surface area contributed by atoms with Crippen LogP contribution in [0.1, 0.15) is 226 Å². The highest BCUT2D eigenvalue weighted by molar-refractivity contribution is 7.45. The maximum Gasteiger partial charge on any atom is 0.306 e. The third kappa shape index (κ3) is 47.8. The largest absolute Gasteiger partial charge is 0.756 e. The summed E-state index contributed by atoms with van der Waals surface area (Å²) in [5, 5.41) is 0. The molecule has 0 heterocycles. The highest BCUT2D eigenvalue weighted by Crippen LogP contribution is 2.38. The molecule has 0 bridgehead atoms. The van der Waals surface area contributed by atoms with E-state index in [1.807, 2.05) is 21.1 Å². The summed E-state index contributed by atoms with van der Waals surface area (Å²) in [6.07, 6.45) is 53.0. The number of unbranched alkanes of at least 4 members (excludes halogenated alkanes) is 27. The number of likely N-dealkylation sites (N-methyl/N-ethyl adjacent to an activating group) is 1. The van der Waals surface area contributed by atoms with Crippen molar-refractivity contribution in [2.24, 2.45) is 0 Å². The second-order valence-corrected chi connectivity index (χ2v) is 19.6. The van der Waals surface area contributed by atoms with Gasteiger partial charge in [-0.3, -0.25) is 9.36 Å². The minimum absolute atomic E-state index is 0.0250. The number of nitrogens with zero attached hydrogens (tertiary/aromatic N) is 1. The summed E-state index contributed by atoms with van der Waals surface area (Å²) in [4.78, 5) is 25.2. The Labute approximate surface area is 372 Å². The lowest BCUT2D eigenvalue weighted by atomic mass is 10.0. The fourth-order valence-corrected chi connectivity index (χ4v) is 7.75. The molecule has 0 aromatic heterocycles. The van der Waals surface area contributed by atoms with Crippen molar-refractivity contribution in [1.29, 1.82) is 0 Å². The SMILES string of the molecule is CCCCC/C=C\C/C=C\C/C=C\CCCCCCCCCOCC(COP(=O)([O-])OCC[N+](C)(C)C)OC(=O)CCCCCCCCCCCCCCCCCCCC. The monoisotopic (exact) mass is 868 g/mol. The molecule has 0 aliphatic heterocycles. The van der Waals surface area contributed by atoms with E-state index in [9.17, 15) is 14.3 Å². The highest BCUT2D eigenvalue weighted by atomic mass is 31.2. The van der Waals surface area contributed by atoms with Crippen molar-refractivity contribution in [2.75, 3.05) is 54.1 Å². The van der Waals surface area contributed by atoms with Gasteiger partial charge in [0.25, 0.3) is 7.82 Å². The van der Waals surface area contributed by atoms with Crippen LogP contribution in [0.5, 0.6) is 0 Å². The van der Waals surface area contributed by atoms with Crippen LogP contribution in [0.3, 0.4) is 0 Å². The first-order valence-electron chi connectivity index (χ1n) is 25.2. The molecule has 60 heavy (non-hydrogen) atoms. The number of hydrogen-bond acceptors (Lipinski definition) is 7. The van der Waals surface area contributed by atoms with Crippen LogP contribution in [0.4, 0.5) is 0 Å². The zero-order valence-corrected chi connectivity index (χ0v) is 41.1. The molecule has 0 saturated heterocycles. The number of phosphoric acid groups is 1. The van der Waals surface area contributed by atoms with E-state index >= 15 is 0 Å². The maximum atomic E-state index is 12.7. The van der Waals surface area contributed by atoms with Crippen molar-refractivity contribution in [3.05, 3.63) is 36.5 Å². The number of hydrogen-bond donors (Lipinski definition) is 0. The molecule has 8 nitrogen and oxygen atoms in total. The van der Waals surface area contributed by atoms with Crippen molar-refractivity contribution >= 4 is 13.8 Å². The Bertz CT molecular complexity index is 1060. The zero-order valence-electron chi connectivity index (χ0n) is 40.2. The number of allylic oxidation sites excluding steroid dienone is 6. The molecular weight excluding hydrogens is 770 g/mol. The molecular formula is C51H98NO7P. The van der Waals surface area contributed by atoms with Crippen LogP contribution in [0.2, 0.25) is 0 Å². The molecule has 354 valence electrons. The van der Waals surface area contributed by atoms with Gasteiger partial charge in [-0.2, -0.15) is 0 Å². The number of ether oxygens (including phenoxy) is 2. The predicted molar refractivity (Wildman–Crippen MR) is 254 cm³/mol. The van der Waals surface area contributed by atoms with Crippen LogP contribution in [-0.2, 0) is 27.9 Å². The quantitative estimate of drug-likeness (QED) is 0.0198. The van der Waals surface area contributed by atoms with Crippen molar-refractivity contribution in [3.63, 3.8) is 0 Å². The first kappa shape index (κ1) is 58.7. The standard InChI is InChI=1S/C51H98NO7P/c1-6-8-10-12-14-16-18-20-22-24-26-27-29-31-33-35-37-39-41-43-46-56-48-50(49-58-60(54,55)57-47-45-52(3,4)5)59-51(53)44-42-40-38-36-34-32-30-28-25-23-21-19-17-15-13-11-9-7-2/h14,16,20,22,26-27,50H,6-13,15,17-19,21,23-25,28-49H2,1-5H3/b16-14-,22-20-,27-26-. The molecule has 0 aliphatic carbocycles. The number of carbonyl (C=O) groups is 1. The van der Waals surface area contributed by atoms with E-state index in [-0.39, 0.29) is 25.8 Å². The van der Waals surface area contributed by atoms with Gasteiger partial charge in [-0.25, -0.2) is 0 Å². The fraction of sp³-hybridized carbons (Fsp3) is 0.863. The molecule has 0 spiro atoms. The van der Waals surface area contributed by atoms with Gasteiger partial charge in [-0.15, -0.1) is 0 Å². The van der Waals surface area contributed by atoms with Crippen molar-refractivity contribution < 1.29 is 37.3 Å². The van der Waals surface area contributed by atoms with Crippen LogP contribution in [0.15, 0.2) is 36.5 Å². The second kappa shape index (κ2) is 44.3.